The zero-order valence-electron chi connectivity index (χ0n) is 27.8. The molecule has 0 amide bonds. The molecule has 2 saturated heterocycles. The summed E-state index contributed by atoms with van der Waals surface area (Å²) < 4.78 is 76.2. The van der Waals surface area contributed by atoms with Crippen molar-refractivity contribution in [2.45, 2.75) is 56.9 Å². The second-order valence-corrected chi connectivity index (χ2v) is 13.8. The van der Waals surface area contributed by atoms with Gasteiger partial charge in [0, 0.05) is 48.1 Å². The van der Waals surface area contributed by atoms with E-state index in [4.69, 9.17) is 14.5 Å². The number of fused-ring (bicyclic) bond motifs is 3. The molecule has 4 atom stereocenters. The molecule has 0 spiro atoms. The molecule has 262 valence electrons. The first kappa shape index (κ1) is 31.7. The Morgan fingerprint density at radius 2 is 1.94 bits per heavy atom. The summed E-state index contributed by atoms with van der Waals surface area (Å²) in [7, 11) is 0. The predicted octanol–water partition coefficient (Wildman–Crippen LogP) is 6.92. The van der Waals surface area contributed by atoms with Gasteiger partial charge in [-0.1, -0.05) is 12.1 Å². The van der Waals surface area contributed by atoms with Crippen LogP contribution in [0.2, 0.25) is 0 Å². The van der Waals surface area contributed by atoms with Crippen molar-refractivity contribution in [3.8, 4) is 28.9 Å². The molecule has 14 heteroatoms. The number of hydrogen-bond donors (Lipinski definition) is 1. The Hall–Kier alpha value is -5.24. The van der Waals surface area contributed by atoms with E-state index >= 15 is 8.78 Å². The van der Waals surface area contributed by atoms with E-state index in [0.717, 1.165) is 42.7 Å². The van der Waals surface area contributed by atoms with Crippen molar-refractivity contribution in [1.82, 2.24) is 29.2 Å². The van der Waals surface area contributed by atoms with Crippen molar-refractivity contribution >= 4 is 33.1 Å². The zero-order valence-corrected chi connectivity index (χ0v) is 27.8. The molecule has 6 aromatic rings. The second-order valence-electron chi connectivity index (χ2n) is 13.8. The fraction of sp³-hybridized carbons (Fsp3) is 0.351. The Kier molecular flexibility index (Phi) is 7.25. The van der Waals surface area contributed by atoms with Crippen molar-refractivity contribution in [3.63, 3.8) is 0 Å². The molecule has 1 unspecified atom stereocenters. The summed E-state index contributed by atoms with van der Waals surface area (Å²) in [5.74, 6) is -3.35. The van der Waals surface area contributed by atoms with Gasteiger partial charge in [-0.05, 0) is 62.9 Å². The minimum Gasteiger partial charge on any atom is -0.508 e. The number of hydrogen-bond acceptors (Lipinski definition) is 9. The van der Waals surface area contributed by atoms with E-state index in [1.54, 1.807) is 6.20 Å². The van der Waals surface area contributed by atoms with Gasteiger partial charge in [0.25, 0.3) is 0 Å². The van der Waals surface area contributed by atoms with Crippen LogP contribution in [0.1, 0.15) is 44.7 Å². The molecule has 2 aromatic carbocycles. The number of aromatic hydroxyl groups is 1. The van der Waals surface area contributed by atoms with Crippen LogP contribution in [0, 0.1) is 17.5 Å². The number of pyridine rings is 2. The summed E-state index contributed by atoms with van der Waals surface area (Å²) >= 11 is 0. The summed E-state index contributed by atoms with van der Waals surface area (Å²) in [6.45, 7) is 5.21. The number of alkyl halides is 1. The van der Waals surface area contributed by atoms with Gasteiger partial charge in [-0.25, -0.2) is 27.5 Å². The van der Waals surface area contributed by atoms with Crippen molar-refractivity contribution < 1.29 is 32.1 Å². The van der Waals surface area contributed by atoms with Crippen LogP contribution in [0.3, 0.4) is 0 Å². The van der Waals surface area contributed by atoms with Crippen LogP contribution >= 0.6 is 0 Å². The van der Waals surface area contributed by atoms with Crippen molar-refractivity contribution in [2.75, 3.05) is 31.2 Å². The van der Waals surface area contributed by atoms with Crippen LogP contribution < -0.4 is 14.4 Å². The highest BCUT2D eigenvalue weighted by molar-refractivity contribution is 6.02. The number of imidazole rings is 1. The molecule has 51 heavy (non-hydrogen) atoms. The quantitative estimate of drug-likeness (QED) is 0.186. The summed E-state index contributed by atoms with van der Waals surface area (Å²) in [6, 6.07) is 7.66. The lowest BCUT2D eigenvalue weighted by atomic mass is 9.95. The molecule has 3 aliphatic rings. The molecule has 7 heterocycles. The van der Waals surface area contributed by atoms with Crippen LogP contribution in [-0.2, 0) is 0 Å². The van der Waals surface area contributed by atoms with Gasteiger partial charge >= 0.3 is 6.01 Å². The summed E-state index contributed by atoms with van der Waals surface area (Å²) in [5.41, 5.74) is 0.284. The molecule has 0 aliphatic carbocycles. The van der Waals surface area contributed by atoms with Crippen LogP contribution in [0.5, 0.6) is 17.6 Å². The fourth-order valence-electron chi connectivity index (χ4n) is 8.35. The largest absolute Gasteiger partial charge is 0.508 e. The number of rotatable bonds is 6. The van der Waals surface area contributed by atoms with Crippen LogP contribution in [0.15, 0.2) is 55.0 Å². The SMILES string of the molecule is CC(c1cccn2ccnc12)N1c2nc(OC[C@@]34CCCN3C[C@H](F)C4)nc3c(F)c(-c4cc(O)cc5ccc(F)c(F)c45)nc(c23)OC[C@@H]1C. The Morgan fingerprint density at radius 3 is 2.80 bits per heavy atom. The lowest BCUT2D eigenvalue weighted by molar-refractivity contribution is 0.107. The highest BCUT2D eigenvalue weighted by atomic mass is 19.2. The van der Waals surface area contributed by atoms with Crippen LogP contribution in [0.25, 0.3) is 38.6 Å². The number of phenolic OH excluding ortho intramolecular Hbond substituents is 1. The number of halogens is 4. The minimum atomic E-state index is -1.21. The van der Waals surface area contributed by atoms with E-state index in [-0.39, 0.29) is 70.2 Å². The molecule has 10 nitrogen and oxygen atoms in total. The van der Waals surface area contributed by atoms with Gasteiger partial charge in [0.1, 0.15) is 53.2 Å². The highest BCUT2D eigenvalue weighted by Gasteiger charge is 2.49. The lowest BCUT2D eigenvalue weighted by Crippen LogP contribution is -2.43. The third-order valence-corrected chi connectivity index (χ3v) is 10.7. The van der Waals surface area contributed by atoms with Crippen LogP contribution in [0.4, 0.5) is 23.4 Å². The highest BCUT2D eigenvalue weighted by Crippen LogP contribution is 2.46. The second kappa shape index (κ2) is 11.7. The molecule has 9 rings (SSSR count). The first-order valence-corrected chi connectivity index (χ1v) is 17.0. The zero-order chi connectivity index (χ0) is 35.2. The molecule has 4 aromatic heterocycles. The molecule has 3 aliphatic heterocycles. The number of benzene rings is 2. The summed E-state index contributed by atoms with van der Waals surface area (Å²) in [4.78, 5) is 22.6. The van der Waals surface area contributed by atoms with Crippen molar-refractivity contribution in [1.29, 1.82) is 0 Å². The van der Waals surface area contributed by atoms with Crippen LogP contribution in [-0.4, -0.2) is 78.4 Å². The number of aromatic nitrogens is 5. The Bertz CT molecular complexity index is 2370. The van der Waals surface area contributed by atoms with E-state index in [0.29, 0.717) is 18.8 Å². The molecule has 0 bridgehead atoms. The van der Waals surface area contributed by atoms with Gasteiger partial charge in [0.2, 0.25) is 5.88 Å². The number of phenols is 1. The van der Waals surface area contributed by atoms with Gasteiger partial charge < -0.3 is 23.9 Å². The summed E-state index contributed by atoms with van der Waals surface area (Å²) in [6.07, 6.45) is 6.44. The minimum absolute atomic E-state index is 0.0200. The molecular weight excluding hydrogens is 666 g/mol. The standard InChI is InChI=1S/C37H33F4N7O3/c1-19-17-50-35-28-32(30(41)31(43-35)25-14-23(49)13-21-6-7-26(39)29(40)27(21)25)44-36(51-18-37-8-4-11-47(37)16-22(38)15-37)45-34(28)48(19)20(2)24-5-3-10-46-12-9-42-33(24)46/h3,5-7,9-10,12-14,19-20,22,49H,4,8,11,15-18H2,1-2H3/t19-,20?,22+,37-/m0/s1. The monoisotopic (exact) mass is 699 g/mol. The summed E-state index contributed by atoms with van der Waals surface area (Å²) in [5, 5.41) is 10.6. The molecular formula is C37H33F4N7O3. The van der Waals surface area contributed by atoms with E-state index in [9.17, 15) is 13.9 Å². The predicted molar refractivity (Wildman–Crippen MR) is 181 cm³/mol. The van der Waals surface area contributed by atoms with E-state index < -0.39 is 34.9 Å². The number of ether oxygens (including phenoxy) is 2. The Morgan fingerprint density at radius 1 is 1.08 bits per heavy atom. The van der Waals surface area contributed by atoms with Gasteiger partial charge in [0.15, 0.2) is 17.5 Å². The van der Waals surface area contributed by atoms with Crippen molar-refractivity contribution in [3.05, 3.63) is 78.0 Å². The maximum Gasteiger partial charge on any atom is 0.319 e. The smallest absolute Gasteiger partial charge is 0.319 e. The molecule has 1 N–H and O–H groups in total. The van der Waals surface area contributed by atoms with Gasteiger partial charge in [0.05, 0.1) is 17.6 Å². The van der Waals surface area contributed by atoms with E-state index in [2.05, 4.69) is 19.9 Å². The average molecular weight is 700 g/mol. The Labute approximate surface area is 289 Å². The first-order valence-electron chi connectivity index (χ1n) is 17.0. The third kappa shape index (κ3) is 4.94. The molecule has 0 radical (unpaired) electrons. The average Bonchev–Trinajstić information content (AvgIpc) is 3.80. The van der Waals surface area contributed by atoms with Gasteiger partial charge in [-0.3, -0.25) is 4.90 Å². The maximum absolute atomic E-state index is 17.1. The normalized spacial score (nSPS) is 22.4. The Balaban J connectivity index is 1.26. The molecule has 0 saturated carbocycles. The first-order chi connectivity index (χ1) is 24.6. The fourth-order valence-corrected chi connectivity index (χ4v) is 8.35. The van der Waals surface area contributed by atoms with E-state index in [1.807, 2.05) is 47.7 Å². The van der Waals surface area contributed by atoms with Gasteiger partial charge in [-0.15, -0.1) is 0 Å². The lowest BCUT2D eigenvalue weighted by Gasteiger charge is -2.35. The number of nitrogens with zero attached hydrogens (tertiary/aromatic N) is 7. The third-order valence-electron chi connectivity index (χ3n) is 10.7. The van der Waals surface area contributed by atoms with Crippen molar-refractivity contribution in [2.24, 2.45) is 0 Å². The van der Waals surface area contributed by atoms with E-state index in [1.165, 1.54) is 12.1 Å². The molecule has 2 fully saturated rings. The topological polar surface area (TPSA) is 101 Å². The maximum atomic E-state index is 17.1. The van der Waals surface area contributed by atoms with Gasteiger partial charge in [-0.2, -0.15) is 9.97 Å². The number of anilines is 1.